The van der Waals surface area contributed by atoms with Crippen molar-refractivity contribution in [2.45, 2.75) is 72.6 Å². The highest BCUT2D eigenvalue weighted by Crippen LogP contribution is 2.48. The highest BCUT2D eigenvalue weighted by molar-refractivity contribution is 8.00. The maximum Gasteiger partial charge on any atom is 0.263 e. The second-order valence-corrected chi connectivity index (χ2v) is 15.3. The van der Waals surface area contributed by atoms with Crippen LogP contribution in [0.4, 0.5) is 5.69 Å². The number of allylic oxidation sites excluding steroid dienone is 4. The monoisotopic (exact) mass is 609 g/mol. The van der Waals surface area contributed by atoms with Crippen LogP contribution in [0.1, 0.15) is 51.0 Å². The van der Waals surface area contributed by atoms with Crippen LogP contribution in [0.5, 0.6) is 0 Å². The molecule has 0 fully saturated rings. The van der Waals surface area contributed by atoms with E-state index in [-0.39, 0.29) is 0 Å². The number of aromatic nitrogens is 1. The van der Waals surface area contributed by atoms with Crippen molar-refractivity contribution in [3.05, 3.63) is 70.3 Å². The molecule has 2 heterocycles. The van der Waals surface area contributed by atoms with Crippen LogP contribution in [-0.2, 0) is 21.5 Å². The van der Waals surface area contributed by atoms with E-state index in [0.29, 0.717) is 11.3 Å². The molecule has 1 aliphatic heterocycles. The molecule has 0 bridgehead atoms. The van der Waals surface area contributed by atoms with Gasteiger partial charge < -0.3 is 9.08 Å². The van der Waals surface area contributed by atoms with Gasteiger partial charge in [0, 0.05) is 62.5 Å². The van der Waals surface area contributed by atoms with Gasteiger partial charge in [-0.05, 0) is 93.3 Å². The van der Waals surface area contributed by atoms with Crippen LogP contribution in [0.3, 0.4) is 0 Å². The fourth-order valence-electron chi connectivity index (χ4n) is 6.26. The first-order chi connectivity index (χ1) is 19.5. The second kappa shape index (κ2) is 12.2. The summed E-state index contributed by atoms with van der Waals surface area (Å²) in [6, 6.07) is 13.0. The zero-order chi connectivity index (χ0) is 27.8. The Balaban J connectivity index is 1.24. The normalized spacial score (nSPS) is 22.3. The Morgan fingerprint density at radius 1 is 1.15 bits per heavy atom. The smallest absolute Gasteiger partial charge is 0.263 e. The summed E-state index contributed by atoms with van der Waals surface area (Å²) in [5.74, 6) is 0.688. The largest absolute Gasteiger partial charge is 0.358 e. The van der Waals surface area contributed by atoms with Crippen LogP contribution in [0, 0.1) is 5.92 Å². The van der Waals surface area contributed by atoms with Gasteiger partial charge in [-0.1, -0.05) is 40.8 Å². The molecule has 3 aliphatic rings. The Morgan fingerprint density at radius 3 is 2.77 bits per heavy atom. The molecule has 6 rings (SSSR count). The third kappa shape index (κ3) is 5.62. The van der Waals surface area contributed by atoms with Crippen molar-refractivity contribution in [1.29, 1.82) is 0 Å². The molecule has 2 aliphatic carbocycles. The summed E-state index contributed by atoms with van der Waals surface area (Å²) < 4.78 is 21.1. The van der Waals surface area contributed by atoms with Gasteiger partial charge in [-0.3, -0.25) is 4.21 Å². The van der Waals surface area contributed by atoms with Crippen molar-refractivity contribution < 1.29 is 13.0 Å². The van der Waals surface area contributed by atoms with Gasteiger partial charge in [0.05, 0.1) is 18.2 Å². The first kappa shape index (κ1) is 28.3. The molecular formula is C32H37N2O2S4+. The molecule has 4 nitrogen and oxygen atoms in total. The van der Waals surface area contributed by atoms with Gasteiger partial charge in [0.2, 0.25) is 5.52 Å². The SMILES string of the molecule is CCN1c2cc(S(C)=O)ccc2SC1CC1=CC2=C/C(=C/c3sc4ccc(SOC)cc4[n+]3CC)CCC2CC1. The Kier molecular flexibility index (Phi) is 8.61. The topological polar surface area (TPSA) is 33.4 Å². The van der Waals surface area contributed by atoms with Gasteiger partial charge in [0.25, 0.3) is 5.01 Å². The minimum absolute atomic E-state index is 0.408. The van der Waals surface area contributed by atoms with E-state index in [1.54, 1.807) is 18.9 Å². The number of thiazole rings is 1. The Labute approximate surface area is 253 Å². The number of fused-ring (bicyclic) bond motifs is 3. The van der Waals surface area contributed by atoms with E-state index in [9.17, 15) is 4.21 Å². The van der Waals surface area contributed by atoms with Crippen LogP contribution >= 0.6 is 35.1 Å². The quantitative estimate of drug-likeness (QED) is 0.189. The number of benzene rings is 2. The summed E-state index contributed by atoms with van der Waals surface area (Å²) in [6.07, 6.45) is 15.1. The lowest BCUT2D eigenvalue weighted by Crippen LogP contribution is -2.33. The number of hydrogen-bond donors (Lipinski definition) is 0. The summed E-state index contributed by atoms with van der Waals surface area (Å²) in [5, 5.41) is 1.74. The van der Waals surface area contributed by atoms with Gasteiger partial charge in [0.15, 0.2) is 0 Å². The van der Waals surface area contributed by atoms with Crippen LogP contribution in [0.2, 0.25) is 0 Å². The lowest BCUT2D eigenvalue weighted by molar-refractivity contribution is -0.665. The molecule has 2 aromatic carbocycles. The summed E-state index contributed by atoms with van der Waals surface area (Å²) >= 11 is 5.27. The van der Waals surface area contributed by atoms with Crippen LogP contribution in [0.25, 0.3) is 16.3 Å². The number of anilines is 1. The average Bonchev–Trinajstić information content (AvgIpc) is 3.48. The van der Waals surface area contributed by atoms with Gasteiger partial charge in [0.1, 0.15) is 11.2 Å². The first-order valence-corrected chi connectivity index (χ1v) is 18.2. The van der Waals surface area contributed by atoms with E-state index >= 15 is 0 Å². The minimum Gasteiger partial charge on any atom is -0.358 e. The van der Waals surface area contributed by atoms with Gasteiger partial charge in [-0.25, -0.2) is 0 Å². The molecule has 0 N–H and O–H groups in total. The van der Waals surface area contributed by atoms with Gasteiger partial charge >= 0.3 is 0 Å². The van der Waals surface area contributed by atoms with Crippen molar-refractivity contribution in [2.24, 2.45) is 5.92 Å². The molecule has 8 heteroatoms. The predicted octanol–water partition coefficient (Wildman–Crippen LogP) is 8.39. The van der Waals surface area contributed by atoms with Crippen molar-refractivity contribution in [3.63, 3.8) is 0 Å². The first-order valence-electron chi connectivity index (χ1n) is 14.2. The maximum absolute atomic E-state index is 12.1. The minimum atomic E-state index is -0.955. The lowest BCUT2D eigenvalue weighted by Gasteiger charge is -2.31. The number of rotatable bonds is 8. The highest BCUT2D eigenvalue weighted by atomic mass is 32.2. The number of aryl methyl sites for hydroxylation is 1. The van der Waals surface area contributed by atoms with Crippen LogP contribution in [-0.4, -0.2) is 29.5 Å². The van der Waals surface area contributed by atoms with Crippen molar-refractivity contribution >= 4 is 67.9 Å². The van der Waals surface area contributed by atoms with E-state index in [1.165, 1.54) is 68.3 Å². The number of hydrogen-bond acceptors (Lipinski definition) is 6. The summed E-state index contributed by atoms with van der Waals surface area (Å²) in [5.41, 5.74) is 7.08. The molecule has 1 aromatic heterocycles. The fraction of sp³-hybridized carbons (Fsp3) is 0.406. The van der Waals surface area contributed by atoms with Crippen molar-refractivity contribution in [3.8, 4) is 0 Å². The summed E-state index contributed by atoms with van der Waals surface area (Å²) in [4.78, 5) is 5.88. The lowest BCUT2D eigenvalue weighted by atomic mass is 9.77. The molecular weight excluding hydrogens is 573 g/mol. The Bertz CT molecular complexity index is 1550. The second-order valence-electron chi connectivity index (χ2n) is 10.7. The van der Waals surface area contributed by atoms with E-state index < -0.39 is 10.8 Å². The summed E-state index contributed by atoms with van der Waals surface area (Å²) in [6.45, 7) is 6.39. The van der Waals surface area contributed by atoms with E-state index in [0.717, 1.165) is 35.7 Å². The summed E-state index contributed by atoms with van der Waals surface area (Å²) in [7, 11) is 0.766. The van der Waals surface area contributed by atoms with Crippen LogP contribution in [0.15, 0.2) is 80.0 Å². The molecule has 0 saturated carbocycles. The molecule has 0 amide bonds. The third-order valence-electron chi connectivity index (χ3n) is 8.26. The molecule has 0 spiro atoms. The van der Waals surface area contributed by atoms with Crippen molar-refractivity contribution in [2.75, 3.05) is 24.8 Å². The highest BCUT2D eigenvalue weighted by Gasteiger charge is 2.32. The van der Waals surface area contributed by atoms with Crippen molar-refractivity contribution in [1.82, 2.24) is 0 Å². The Hall–Kier alpha value is -1.84. The average molecular weight is 610 g/mol. The molecule has 40 heavy (non-hydrogen) atoms. The molecule has 0 saturated heterocycles. The maximum atomic E-state index is 12.1. The predicted molar refractivity (Wildman–Crippen MR) is 173 cm³/mol. The van der Waals surface area contributed by atoms with E-state index in [2.05, 4.69) is 71.9 Å². The number of thioether (sulfide) groups is 1. The number of nitrogens with zero attached hydrogens (tertiary/aromatic N) is 2. The molecule has 210 valence electrons. The molecule has 3 atom stereocenters. The molecule has 3 unspecified atom stereocenters. The van der Waals surface area contributed by atoms with Gasteiger partial charge in [-0.2, -0.15) is 4.57 Å². The zero-order valence-corrected chi connectivity index (χ0v) is 26.9. The van der Waals surface area contributed by atoms with E-state index in [4.69, 9.17) is 4.18 Å². The van der Waals surface area contributed by atoms with Crippen LogP contribution < -0.4 is 9.47 Å². The zero-order valence-electron chi connectivity index (χ0n) is 23.6. The fourth-order valence-corrected chi connectivity index (χ4v) is 9.88. The van der Waals surface area contributed by atoms with Gasteiger partial charge in [-0.15, -0.1) is 0 Å². The molecule has 0 radical (unpaired) electrons. The molecule has 3 aromatic rings. The third-order valence-corrected chi connectivity index (χ3v) is 12.2. The van der Waals surface area contributed by atoms with E-state index in [1.807, 2.05) is 29.2 Å². The Morgan fingerprint density at radius 2 is 2.00 bits per heavy atom. The standard InChI is InChI=1S/C32H37N2O2S4/c1-5-33-27-19-25(39-36-3)11-13-29(27)37-31(33)17-21-7-9-23-10-8-22(16-24(23)15-21)18-32-34(6-2)28-20-26(40(4)35)12-14-30(28)38-32/h11-17,19-20,23,32H,5-10,18H2,1-4H3/q+1/b21-17+.